The second-order valence-corrected chi connectivity index (χ2v) is 7.27. The van der Waals surface area contributed by atoms with Crippen LogP contribution in [0.2, 0.25) is 5.02 Å². The minimum Gasteiger partial charge on any atom is -0.491 e. The fourth-order valence-corrected chi connectivity index (χ4v) is 3.40. The molecule has 0 saturated carbocycles. The normalized spacial score (nSPS) is 14.5. The van der Waals surface area contributed by atoms with E-state index in [0.29, 0.717) is 11.6 Å². The fraction of sp³-hybridized carbons (Fsp3) is 0.364. The molecule has 1 fully saturated rings. The van der Waals surface area contributed by atoms with Gasteiger partial charge in [-0.3, -0.25) is 4.90 Å². The van der Waals surface area contributed by atoms with Crippen molar-refractivity contribution in [3.8, 4) is 5.75 Å². The molecule has 0 atom stereocenters. The molecule has 2 N–H and O–H groups in total. The first-order valence-corrected chi connectivity index (χ1v) is 9.93. The molecule has 156 valence electrons. The van der Waals surface area contributed by atoms with Crippen molar-refractivity contribution in [1.82, 2.24) is 4.90 Å². The van der Waals surface area contributed by atoms with Crippen molar-refractivity contribution in [2.75, 3.05) is 26.2 Å². The molecule has 0 bridgehead atoms. The molecule has 29 heavy (non-hydrogen) atoms. The molecule has 7 heteroatoms. The highest BCUT2D eigenvalue weighted by atomic mass is 35.5. The predicted molar refractivity (Wildman–Crippen MR) is 112 cm³/mol. The van der Waals surface area contributed by atoms with Crippen molar-refractivity contribution in [1.29, 1.82) is 0 Å². The largest absolute Gasteiger partial charge is 0.491 e. The van der Waals surface area contributed by atoms with Crippen LogP contribution < -0.4 is 4.74 Å². The van der Waals surface area contributed by atoms with E-state index in [1.54, 1.807) is 0 Å². The van der Waals surface area contributed by atoms with Crippen LogP contribution in [0.25, 0.3) is 0 Å². The lowest BCUT2D eigenvalue weighted by atomic mass is 9.90. The minimum absolute atomic E-state index is 0.689. The number of hydrogen-bond donors (Lipinski definition) is 2. The Morgan fingerprint density at radius 1 is 0.966 bits per heavy atom. The SMILES string of the molecule is Clc1ccccc1OCCN1CCC(Cc2ccccc2)CC1.O=C(O)C(=O)O. The van der Waals surface area contributed by atoms with Crippen LogP contribution in [-0.4, -0.2) is 53.3 Å². The third-order valence-electron chi connectivity index (χ3n) is 4.76. The molecule has 2 aromatic rings. The van der Waals surface area contributed by atoms with Crippen LogP contribution in [0.15, 0.2) is 54.6 Å². The summed E-state index contributed by atoms with van der Waals surface area (Å²) in [6.07, 6.45) is 3.77. The van der Waals surface area contributed by atoms with Crippen LogP contribution in [0.1, 0.15) is 18.4 Å². The van der Waals surface area contributed by atoms with Gasteiger partial charge in [0.1, 0.15) is 12.4 Å². The number of benzene rings is 2. The van der Waals surface area contributed by atoms with Crippen molar-refractivity contribution in [3.63, 3.8) is 0 Å². The number of piperidine rings is 1. The first kappa shape index (κ1) is 22.7. The zero-order chi connectivity index (χ0) is 21.1. The van der Waals surface area contributed by atoms with Gasteiger partial charge in [0, 0.05) is 6.54 Å². The van der Waals surface area contributed by atoms with Crippen molar-refractivity contribution in [2.24, 2.45) is 5.92 Å². The fourth-order valence-electron chi connectivity index (χ4n) is 3.21. The van der Waals surface area contributed by atoms with E-state index in [-0.39, 0.29) is 0 Å². The van der Waals surface area contributed by atoms with E-state index in [2.05, 4.69) is 35.2 Å². The van der Waals surface area contributed by atoms with Gasteiger partial charge in [0.2, 0.25) is 0 Å². The van der Waals surface area contributed by atoms with Gasteiger partial charge in [-0.15, -0.1) is 0 Å². The van der Waals surface area contributed by atoms with E-state index in [1.165, 1.54) is 37.9 Å². The maximum atomic E-state index is 9.10. The number of hydrogen-bond acceptors (Lipinski definition) is 4. The Morgan fingerprint density at radius 2 is 1.55 bits per heavy atom. The highest BCUT2D eigenvalue weighted by Gasteiger charge is 2.19. The molecule has 3 rings (SSSR count). The summed E-state index contributed by atoms with van der Waals surface area (Å²) in [6.45, 7) is 4.02. The Labute approximate surface area is 175 Å². The van der Waals surface area contributed by atoms with Gasteiger partial charge in [-0.2, -0.15) is 0 Å². The molecule has 0 radical (unpaired) electrons. The van der Waals surface area contributed by atoms with Gasteiger partial charge in [0.15, 0.2) is 0 Å². The van der Waals surface area contributed by atoms with E-state index in [9.17, 15) is 0 Å². The molecule has 2 aromatic carbocycles. The van der Waals surface area contributed by atoms with Gasteiger partial charge in [0.05, 0.1) is 5.02 Å². The summed E-state index contributed by atoms with van der Waals surface area (Å²) in [5.41, 5.74) is 1.47. The number of rotatable bonds is 6. The average molecular weight is 420 g/mol. The monoisotopic (exact) mass is 419 g/mol. The van der Waals surface area contributed by atoms with E-state index < -0.39 is 11.9 Å². The smallest absolute Gasteiger partial charge is 0.414 e. The van der Waals surface area contributed by atoms with Crippen molar-refractivity contribution in [2.45, 2.75) is 19.3 Å². The van der Waals surface area contributed by atoms with Gasteiger partial charge in [-0.25, -0.2) is 9.59 Å². The molecule has 1 saturated heterocycles. The number of para-hydroxylation sites is 1. The molecule has 1 heterocycles. The van der Waals surface area contributed by atoms with Crippen LogP contribution in [0.5, 0.6) is 5.75 Å². The molecule has 0 spiro atoms. The highest BCUT2D eigenvalue weighted by Crippen LogP contribution is 2.24. The Morgan fingerprint density at radius 3 is 2.14 bits per heavy atom. The zero-order valence-electron chi connectivity index (χ0n) is 16.2. The lowest BCUT2D eigenvalue weighted by molar-refractivity contribution is -0.159. The molecular weight excluding hydrogens is 394 g/mol. The summed E-state index contributed by atoms with van der Waals surface area (Å²) in [5, 5.41) is 15.5. The molecular formula is C22H26ClNO5. The molecule has 6 nitrogen and oxygen atoms in total. The maximum Gasteiger partial charge on any atom is 0.414 e. The lowest BCUT2D eigenvalue weighted by Gasteiger charge is -2.31. The van der Waals surface area contributed by atoms with E-state index in [1.807, 2.05) is 24.3 Å². The molecule has 1 aliphatic rings. The van der Waals surface area contributed by atoms with Crippen molar-refractivity contribution >= 4 is 23.5 Å². The Kier molecular flexibility index (Phi) is 9.47. The molecule has 0 unspecified atom stereocenters. The molecule has 0 aromatic heterocycles. The van der Waals surface area contributed by atoms with Gasteiger partial charge >= 0.3 is 11.9 Å². The standard InChI is InChI=1S/C20H24ClNO.C2H2O4/c21-19-8-4-5-9-20(19)23-15-14-22-12-10-18(11-13-22)16-17-6-2-1-3-7-17;3-1(4)2(5)6/h1-9,18H,10-16H2;(H,3,4)(H,5,6). The quantitative estimate of drug-likeness (QED) is 0.692. The number of aliphatic carboxylic acids is 2. The summed E-state index contributed by atoms with van der Waals surface area (Å²) in [5.74, 6) is -2.05. The Hall–Kier alpha value is -2.57. The topological polar surface area (TPSA) is 87.1 Å². The van der Waals surface area contributed by atoms with E-state index >= 15 is 0 Å². The highest BCUT2D eigenvalue weighted by molar-refractivity contribution is 6.32. The molecule has 0 aliphatic carbocycles. The van der Waals surface area contributed by atoms with Gasteiger partial charge in [-0.1, -0.05) is 54.1 Å². The summed E-state index contributed by atoms with van der Waals surface area (Å²) in [4.78, 5) is 20.7. The number of likely N-dealkylation sites (tertiary alicyclic amines) is 1. The van der Waals surface area contributed by atoms with E-state index in [0.717, 1.165) is 18.2 Å². The van der Waals surface area contributed by atoms with Gasteiger partial charge in [-0.05, 0) is 56.0 Å². The first-order chi connectivity index (χ1) is 14.0. The number of ether oxygens (including phenoxy) is 1. The molecule has 1 aliphatic heterocycles. The number of carboxylic acids is 2. The maximum absolute atomic E-state index is 9.10. The Bertz CT molecular complexity index is 764. The van der Waals surface area contributed by atoms with Crippen LogP contribution in [0.3, 0.4) is 0 Å². The summed E-state index contributed by atoms with van der Waals surface area (Å²) in [7, 11) is 0. The third kappa shape index (κ3) is 8.54. The zero-order valence-corrected chi connectivity index (χ0v) is 16.9. The average Bonchev–Trinajstić information content (AvgIpc) is 2.72. The minimum atomic E-state index is -1.82. The predicted octanol–water partition coefficient (Wildman–Crippen LogP) is 3.83. The summed E-state index contributed by atoms with van der Waals surface area (Å²) < 4.78 is 5.79. The van der Waals surface area contributed by atoms with Crippen LogP contribution in [0, 0.1) is 5.92 Å². The lowest BCUT2D eigenvalue weighted by Crippen LogP contribution is -2.37. The first-order valence-electron chi connectivity index (χ1n) is 9.55. The van der Waals surface area contributed by atoms with Crippen LogP contribution in [0.4, 0.5) is 0 Å². The Balaban J connectivity index is 0.000000438. The second kappa shape index (κ2) is 12.1. The number of nitrogens with zero attached hydrogens (tertiary/aromatic N) is 1. The number of carbonyl (C=O) groups is 2. The van der Waals surface area contributed by atoms with E-state index in [4.69, 9.17) is 36.1 Å². The van der Waals surface area contributed by atoms with Crippen molar-refractivity contribution < 1.29 is 24.5 Å². The summed E-state index contributed by atoms with van der Waals surface area (Å²) >= 11 is 6.10. The van der Waals surface area contributed by atoms with Crippen molar-refractivity contribution in [3.05, 3.63) is 65.2 Å². The van der Waals surface area contributed by atoms with Gasteiger partial charge < -0.3 is 14.9 Å². The van der Waals surface area contributed by atoms with Crippen LogP contribution in [-0.2, 0) is 16.0 Å². The number of halogens is 1. The van der Waals surface area contributed by atoms with Gasteiger partial charge in [0.25, 0.3) is 0 Å². The van der Waals surface area contributed by atoms with Crippen LogP contribution >= 0.6 is 11.6 Å². The summed E-state index contributed by atoms with van der Waals surface area (Å²) in [6, 6.07) is 18.5. The third-order valence-corrected chi connectivity index (χ3v) is 5.07. The number of carboxylic acid groups (broad SMARTS) is 2. The molecule has 0 amide bonds. The second-order valence-electron chi connectivity index (χ2n) is 6.86.